The highest BCUT2D eigenvalue weighted by molar-refractivity contribution is 5.52. The standard InChI is InChI=1S/C13H16O4/c1-15-9-11-8-13-12(16-5-6-17-13)7-10(11)3-2-4-14/h4,7-8H,2-3,5-6,9H2,1H3. The molecule has 1 heterocycles. The molecule has 4 heteroatoms. The van der Waals surface area contributed by atoms with Crippen LogP contribution < -0.4 is 9.47 Å². The van der Waals surface area contributed by atoms with Crippen molar-refractivity contribution in [3.63, 3.8) is 0 Å². The van der Waals surface area contributed by atoms with Crippen molar-refractivity contribution < 1.29 is 19.0 Å². The van der Waals surface area contributed by atoms with Gasteiger partial charge in [-0.25, -0.2) is 0 Å². The second kappa shape index (κ2) is 5.68. The van der Waals surface area contributed by atoms with E-state index in [1.807, 2.05) is 12.1 Å². The van der Waals surface area contributed by atoms with Crippen LogP contribution in [0.3, 0.4) is 0 Å². The summed E-state index contributed by atoms with van der Waals surface area (Å²) in [5.41, 5.74) is 2.14. The van der Waals surface area contributed by atoms with E-state index in [2.05, 4.69) is 0 Å². The molecule has 0 bridgehead atoms. The van der Waals surface area contributed by atoms with Crippen LogP contribution in [0.2, 0.25) is 0 Å². The average Bonchev–Trinajstić information content (AvgIpc) is 2.36. The van der Waals surface area contributed by atoms with Crippen LogP contribution in [0.4, 0.5) is 0 Å². The van der Waals surface area contributed by atoms with E-state index in [9.17, 15) is 4.79 Å². The van der Waals surface area contributed by atoms with Gasteiger partial charge in [0.05, 0.1) is 6.61 Å². The summed E-state index contributed by atoms with van der Waals surface area (Å²) in [6.07, 6.45) is 2.14. The van der Waals surface area contributed by atoms with Gasteiger partial charge in [-0.1, -0.05) is 0 Å². The lowest BCUT2D eigenvalue weighted by molar-refractivity contribution is -0.107. The molecule has 0 N–H and O–H groups in total. The number of fused-ring (bicyclic) bond motifs is 1. The summed E-state index contributed by atoms with van der Waals surface area (Å²) in [5.74, 6) is 1.52. The number of methoxy groups -OCH3 is 1. The average molecular weight is 236 g/mol. The third-order valence-corrected chi connectivity index (χ3v) is 2.70. The zero-order valence-electron chi connectivity index (χ0n) is 9.90. The van der Waals surface area contributed by atoms with Crippen LogP contribution in [0.15, 0.2) is 12.1 Å². The third-order valence-electron chi connectivity index (χ3n) is 2.70. The lowest BCUT2D eigenvalue weighted by Crippen LogP contribution is -2.16. The molecular formula is C13H16O4. The highest BCUT2D eigenvalue weighted by Gasteiger charge is 2.15. The summed E-state index contributed by atoms with van der Waals surface area (Å²) in [6, 6.07) is 3.89. The molecule has 92 valence electrons. The molecule has 0 saturated carbocycles. The Kier molecular flexibility index (Phi) is 3.98. The summed E-state index contributed by atoms with van der Waals surface area (Å²) in [7, 11) is 1.65. The Labute approximate surface area is 100 Å². The fraction of sp³-hybridized carbons (Fsp3) is 0.462. The Morgan fingerprint density at radius 1 is 1.24 bits per heavy atom. The molecule has 1 aromatic rings. The van der Waals surface area contributed by atoms with Crippen molar-refractivity contribution in [2.24, 2.45) is 0 Å². The Morgan fingerprint density at radius 3 is 2.47 bits per heavy atom. The van der Waals surface area contributed by atoms with Crippen LogP contribution >= 0.6 is 0 Å². The van der Waals surface area contributed by atoms with E-state index >= 15 is 0 Å². The number of carbonyl (C=O) groups is 1. The summed E-state index contributed by atoms with van der Waals surface area (Å²) < 4.78 is 16.2. The number of benzene rings is 1. The van der Waals surface area contributed by atoms with Crippen molar-refractivity contribution in [1.29, 1.82) is 0 Å². The molecule has 0 aromatic heterocycles. The van der Waals surface area contributed by atoms with Gasteiger partial charge in [-0.15, -0.1) is 0 Å². The fourth-order valence-electron chi connectivity index (χ4n) is 1.91. The lowest BCUT2D eigenvalue weighted by Gasteiger charge is -2.21. The van der Waals surface area contributed by atoms with Crippen molar-refractivity contribution in [3.05, 3.63) is 23.3 Å². The van der Waals surface area contributed by atoms with Gasteiger partial charge in [-0.05, 0) is 29.7 Å². The minimum Gasteiger partial charge on any atom is -0.486 e. The van der Waals surface area contributed by atoms with Crippen molar-refractivity contribution >= 4 is 6.29 Å². The highest BCUT2D eigenvalue weighted by Crippen LogP contribution is 2.33. The highest BCUT2D eigenvalue weighted by atomic mass is 16.6. The van der Waals surface area contributed by atoms with Crippen LogP contribution in [-0.4, -0.2) is 26.6 Å². The van der Waals surface area contributed by atoms with E-state index in [1.165, 1.54) is 0 Å². The van der Waals surface area contributed by atoms with Gasteiger partial charge < -0.3 is 19.0 Å². The van der Waals surface area contributed by atoms with E-state index in [0.717, 1.165) is 28.9 Å². The van der Waals surface area contributed by atoms with Crippen molar-refractivity contribution in [3.8, 4) is 11.5 Å². The zero-order chi connectivity index (χ0) is 12.1. The van der Waals surface area contributed by atoms with E-state index < -0.39 is 0 Å². The number of rotatable bonds is 5. The van der Waals surface area contributed by atoms with Gasteiger partial charge in [0.15, 0.2) is 11.5 Å². The Bertz CT molecular complexity index is 401. The van der Waals surface area contributed by atoms with Gasteiger partial charge in [0.1, 0.15) is 19.5 Å². The molecule has 0 fully saturated rings. The number of aryl methyl sites for hydroxylation is 1. The first-order chi connectivity index (χ1) is 8.35. The maximum Gasteiger partial charge on any atom is 0.161 e. The van der Waals surface area contributed by atoms with E-state index in [0.29, 0.717) is 32.7 Å². The molecule has 1 aliphatic rings. The van der Waals surface area contributed by atoms with E-state index in [4.69, 9.17) is 14.2 Å². The number of hydrogen-bond acceptors (Lipinski definition) is 4. The van der Waals surface area contributed by atoms with E-state index in [-0.39, 0.29) is 0 Å². The summed E-state index contributed by atoms with van der Waals surface area (Å²) in [4.78, 5) is 10.4. The number of hydrogen-bond donors (Lipinski definition) is 0. The van der Waals surface area contributed by atoms with Gasteiger partial charge in [-0.3, -0.25) is 0 Å². The molecule has 1 aromatic carbocycles. The molecule has 0 unspecified atom stereocenters. The summed E-state index contributed by atoms with van der Waals surface area (Å²) >= 11 is 0. The maximum absolute atomic E-state index is 10.4. The van der Waals surface area contributed by atoms with Gasteiger partial charge >= 0.3 is 0 Å². The van der Waals surface area contributed by atoms with Gasteiger partial charge in [0, 0.05) is 13.5 Å². The molecular weight excluding hydrogens is 220 g/mol. The quantitative estimate of drug-likeness (QED) is 0.730. The molecule has 0 saturated heterocycles. The largest absolute Gasteiger partial charge is 0.486 e. The van der Waals surface area contributed by atoms with Gasteiger partial charge in [-0.2, -0.15) is 0 Å². The first-order valence-corrected chi connectivity index (χ1v) is 5.69. The third kappa shape index (κ3) is 2.77. The number of carbonyl (C=O) groups excluding carboxylic acids is 1. The van der Waals surface area contributed by atoms with Crippen LogP contribution in [0.1, 0.15) is 17.5 Å². The van der Waals surface area contributed by atoms with E-state index in [1.54, 1.807) is 7.11 Å². The minimum absolute atomic E-state index is 0.510. The smallest absolute Gasteiger partial charge is 0.161 e. The molecule has 0 atom stereocenters. The predicted octanol–water partition coefficient (Wildman–Crippen LogP) is 1.74. The van der Waals surface area contributed by atoms with Crippen LogP contribution in [0.25, 0.3) is 0 Å². The van der Waals surface area contributed by atoms with Crippen LogP contribution in [0.5, 0.6) is 11.5 Å². The van der Waals surface area contributed by atoms with Crippen LogP contribution in [-0.2, 0) is 22.6 Å². The molecule has 4 nitrogen and oxygen atoms in total. The first-order valence-electron chi connectivity index (χ1n) is 5.69. The second-order valence-electron chi connectivity index (χ2n) is 3.90. The molecule has 0 radical (unpaired) electrons. The maximum atomic E-state index is 10.4. The molecule has 17 heavy (non-hydrogen) atoms. The Morgan fingerprint density at radius 2 is 1.88 bits per heavy atom. The lowest BCUT2D eigenvalue weighted by atomic mass is 10.0. The van der Waals surface area contributed by atoms with Crippen molar-refractivity contribution in [2.75, 3.05) is 20.3 Å². The van der Waals surface area contributed by atoms with Gasteiger partial charge in [0.2, 0.25) is 0 Å². The minimum atomic E-state index is 0.510. The van der Waals surface area contributed by atoms with Crippen molar-refractivity contribution in [2.45, 2.75) is 19.4 Å². The normalized spacial score (nSPS) is 13.5. The van der Waals surface area contributed by atoms with Crippen molar-refractivity contribution in [1.82, 2.24) is 0 Å². The SMILES string of the molecule is COCc1cc2c(cc1CCC=O)OCCO2. The molecule has 0 spiro atoms. The van der Waals surface area contributed by atoms with Crippen LogP contribution in [0, 0.1) is 0 Å². The Balaban J connectivity index is 2.29. The summed E-state index contributed by atoms with van der Waals surface area (Å²) in [5, 5.41) is 0. The first kappa shape index (κ1) is 11.9. The number of aldehydes is 1. The molecule has 0 aliphatic carbocycles. The molecule has 2 rings (SSSR count). The Hall–Kier alpha value is -1.55. The predicted molar refractivity (Wildman–Crippen MR) is 62.5 cm³/mol. The van der Waals surface area contributed by atoms with Gasteiger partial charge in [0.25, 0.3) is 0 Å². The molecule has 0 amide bonds. The fourth-order valence-corrected chi connectivity index (χ4v) is 1.91. The second-order valence-corrected chi connectivity index (χ2v) is 3.90. The monoisotopic (exact) mass is 236 g/mol. The topological polar surface area (TPSA) is 44.8 Å². The zero-order valence-corrected chi connectivity index (χ0v) is 9.90. The number of ether oxygens (including phenoxy) is 3. The summed E-state index contributed by atoms with van der Waals surface area (Å²) in [6.45, 7) is 1.67. The molecule has 1 aliphatic heterocycles.